The predicted molar refractivity (Wildman–Crippen MR) is 64.6 cm³/mol. The van der Waals surface area contributed by atoms with Crippen molar-refractivity contribution in [2.75, 3.05) is 19.6 Å². The van der Waals surface area contributed by atoms with E-state index in [0.29, 0.717) is 0 Å². The Bertz CT molecular complexity index is 395. The Kier molecular flexibility index (Phi) is 6.01. The molecule has 1 unspecified atom stereocenters. The summed E-state index contributed by atoms with van der Waals surface area (Å²) in [7, 11) is 1.47. The predicted octanol–water partition coefficient (Wildman–Crippen LogP) is 1.88. The van der Waals surface area contributed by atoms with E-state index < -0.39 is 17.5 Å². The second-order valence-corrected chi connectivity index (χ2v) is 4.06. The van der Waals surface area contributed by atoms with Crippen LogP contribution in [0.3, 0.4) is 0 Å². The Morgan fingerprint density at radius 2 is 2.06 bits per heavy atom. The van der Waals surface area contributed by atoms with E-state index in [4.69, 9.17) is 16.3 Å². The van der Waals surface area contributed by atoms with E-state index in [9.17, 15) is 13.6 Å². The highest BCUT2D eigenvalue weighted by Gasteiger charge is 2.16. The van der Waals surface area contributed by atoms with Crippen molar-refractivity contribution in [1.82, 2.24) is 5.32 Å². The molecule has 1 aromatic rings. The minimum absolute atomic E-state index is 0.166. The summed E-state index contributed by atoms with van der Waals surface area (Å²) in [6.07, 6.45) is -0.365. The molecule has 0 aliphatic heterocycles. The number of methoxy groups -OCH3 is 1. The van der Waals surface area contributed by atoms with Gasteiger partial charge >= 0.3 is 0 Å². The Hall–Kier alpha value is -1.20. The van der Waals surface area contributed by atoms with Gasteiger partial charge in [-0.2, -0.15) is 0 Å². The number of alkyl halides is 1. The maximum Gasteiger partial charge on any atom is 0.224 e. The van der Waals surface area contributed by atoms with E-state index in [-0.39, 0.29) is 30.5 Å². The molecular formula is C12H14ClF2NO2. The van der Waals surface area contributed by atoms with Crippen LogP contribution in [0.5, 0.6) is 0 Å². The van der Waals surface area contributed by atoms with Crippen molar-refractivity contribution >= 4 is 17.5 Å². The molecule has 0 heterocycles. The molecule has 1 amide bonds. The first-order valence-electron chi connectivity index (χ1n) is 5.35. The third-order valence-corrected chi connectivity index (χ3v) is 2.69. The molecule has 100 valence electrons. The molecule has 0 radical (unpaired) electrons. The number of hydrogen-bond acceptors (Lipinski definition) is 2. The number of rotatable bonds is 6. The highest BCUT2D eigenvalue weighted by molar-refractivity contribution is 6.18. The Morgan fingerprint density at radius 1 is 1.44 bits per heavy atom. The van der Waals surface area contributed by atoms with Gasteiger partial charge in [-0.05, 0) is 12.1 Å². The van der Waals surface area contributed by atoms with Crippen molar-refractivity contribution in [2.24, 2.45) is 0 Å². The summed E-state index contributed by atoms with van der Waals surface area (Å²) >= 11 is 5.61. The van der Waals surface area contributed by atoms with Crippen LogP contribution in [0.4, 0.5) is 8.78 Å². The van der Waals surface area contributed by atoms with Crippen LogP contribution in [0.2, 0.25) is 0 Å². The Morgan fingerprint density at radius 3 is 2.56 bits per heavy atom. The minimum atomic E-state index is -0.737. The molecule has 0 aliphatic rings. The maximum atomic E-state index is 13.3. The van der Waals surface area contributed by atoms with E-state index >= 15 is 0 Å². The van der Waals surface area contributed by atoms with Crippen molar-refractivity contribution in [1.29, 1.82) is 0 Å². The molecule has 0 aromatic heterocycles. The molecule has 0 bridgehead atoms. The topological polar surface area (TPSA) is 38.3 Å². The molecule has 0 aliphatic carbocycles. The summed E-state index contributed by atoms with van der Waals surface area (Å²) in [6.45, 7) is 0.245. The fourth-order valence-corrected chi connectivity index (χ4v) is 1.63. The summed E-state index contributed by atoms with van der Waals surface area (Å²) in [5, 5.41) is 2.54. The summed E-state index contributed by atoms with van der Waals surface area (Å²) in [5.74, 6) is -1.81. The van der Waals surface area contributed by atoms with Crippen molar-refractivity contribution in [2.45, 2.75) is 12.5 Å². The van der Waals surface area contributed by atoms with E-state index in [0.717, 1.165) is 12.1 Å². The van der Waals surface area contributed by atoms with Gasteiger partial charge < -0.3 is 10.1 Å². The van der Waals surface area contributed by atoms with Gasteiger partial charge in [-0.25, -0.2) is 8.78 Å². The lowest BCUT2D eigenvalue weighted by Gasteiger charge is -2.15. The fraction of sp³-hybridized carbons (Fsp3) is 0.417. The van der Waals surface area contributed by atoms with Gasteiger partial charge in [-0.3, -0.25) is 4.79 Å². The molecular weight excluding hydrogens is 264 g/mol. The number of ether oxygens (including phenoxy) is 1. The Balaban J connectivity index is 2.64. The minimum Gasteiger partial charge on any atom is -0.383 e. The number of carbonyl (C=O) groups is 1. The molecule has 1 N–H and O–H groups in total. The third kappa shape index (κ3) is 4.23. The smallest absolute Gasteiger partial charge is 0.224 e. The normalized spacial score (nSPS) is 12.2. The van der Waals surface area contributed by atoms with E-state index in [1.165, 1.54) is 13.2 Å². The van der Waals surface area contributed by atoms with Crippen molar-refractivity contribution in [3.63, 3.8) is 0 Å². The van der Waals surface area contributed by atoms with Gasteiger partial charge in [0.1, 0.15) is 11.6 Å². The van der Waals surface area contributed by atoms with Crippen LogP contribution in [0.25, 0.3) is 0 Å². The van der Waals surface area contributed by atoms with Crippen molar-refractivity contribution in [3.8, 4) is 0 Å². The standard InChI is InChI=1S/C12H14ClF2NO2/c1-18-7-8(6-13)16-12(17)5-9-10(14)3-2-4-11(9)15/h2-4,8H,5-7H2,1H3,(H,16,17). The zero-order chi connectivity index (χ0) is 13.5. The van der Waals surface area contributed by atoms with Crippen LogP contribution < -0.4 is 5.32 Å². The third-order valence-electron chi connectivity index (χ3n) is 2.32. The van der Waals surface area contributed by atoms with Gasteiger partial charge in [-0.1, -0.05) is 6.07 Å². The number of halogens is 3. The van der Waals surface area contributed by atoms with Crippen molar-refractivity contribution in [3.05, 3.63) is 35.4 Å². The van der Waals surface area contributed by atoms with Gasteiger partial charge in [0.15, 0.2) is 0 Å². The summed E-state index contributed by atoms with van der Waals surface area (Å²) in [5.41, 5.74) is -0.249. The van der Waals surface area contributed by atoms with E-state index in [2.05, 4.69) is 5.32 Å². The average molecular weight is 278 g/mol. The zero-order valence-electron chi connectivity index (χ0n) is 9.88. The maximum absolute atomic E-state index is 13.3. The molecule has 6 heteroatoms. The van der Waals surface area contributed by atoms with Gasteiger partial charge in [0.05, 0.1) is 19.1 Å². The number of benzene rings is 1. The number of hydrogen-bond donors (Lipinski definition) is 1. The molecule has 0 fully saturated rings. The number of nitrogens with one attached hydrogen (secondary N) is 1. The second-order valence-electron chi connectivity index (χ2n) is 3.75. The molecule has 18 heavy (non-hydrogen) atoms. The van der Waals surface area contributed by atoms with Crippen LogP contribution in [-0.2, 0) is 16.0 Å². The Labute approximate surface area is 109 Å². The lowest BCUT2D eigenvalue weighted by molar-refractivity contribution is -0.121. The quantitative estimate of drug-likeness (QED) is 0.807. The highest BCUT2D eigenvalue weighted by atomic mass is 35.5. The van der Waals surface area contributed by atoms with Crippen LogP contribution in [0.1, 0.15) is 5.56 Å². The summed E-state index contributed by atoms with van der Waals surface area (Å²) in [4.78, 5) is 11.6. The van der Waals surface area contributed by atoms with Crippen LogP contribution >= 0.6 is 11.6 Å². The lowest BCUT2D eigenvalue weighted by atomic mass is 10.1. The molecule has 1 atom stereocenters. The average Bonchev–Trinajstić information content (AvgIpc) is 2.33. The first kappa shape index (κ1) is 14.9. The first-order chi connectivity index (χ1) is 8.58. The van der Waals surface area contributed by atoms with E-state index in [1.54, 1.807) is 0 Å². The van der Waals surface area contributed by atoms with Gasteiger partial charge in [-0.15, -0.1) is 11.6 Å². The molecule has 0 spiro atoms. The largest absolute Gasteiger partial charge is 0.383 e. The van der Waals surface area contributed by atoms with Crippen LogP contribution in [-0.4, -0.2) is 31.5 Å². The molecule has 0 saturated heterocycles. The van der Waals surface area contributed by atoms with Crippen LogP contribution in [0.15, 0.2) is 18.2 Å². The van der Waals surface area contributed by atoms with Crippen molar-refractivity contribution < 1.29 is 18.3 Å². The molecule has 3 nitrogen and oxygen atoms in total. The summed E-state index contributed by atoms with van der Waals surface area (Å²) < 4.78 is 31.5. The summed E-state index contributed by atoms with van der Waals surface area (Å²) in [6, 6.07) is 3.09. The first-order valence-corrected chi connectivity index (χ1v) is 5.89. The fourth-order valence-electron chi connectivity index (χ4n) is 1.47. The van der Waals surface area contributed by atoms with Gasteiger partial charge in [0.2, 0.25) is 5.91 Å². The molecule has 0 saturated carbocycles. The highest BCUT2D eigenvalue weighted by Crippen LogP contribution is 2.12. The number of amides is 1. The van der Waals surface area contributed by atoms with Gasteiger partial charge in [0, 0.05) is 18.6 Å². The molecule has 1 aromatic carbocycles. The van der Waals surface area contributed by atoms with E-state index in [1.807, 2.05) is 0 Å². The van der Waals surface area contributed by atoms with Crippen LogP contribution in [0, 0.1) is 11.6 Å². The second kappa shape index (κ2) is 7.28. The zero-order valence-corrected chi connectivity index (χ0v) is 10.6. The monoisotopic (exact) mass is 277 g/mol. The number of carbonyl (C=O) groups excluding carboxylic acids is 1. The SMILES string of the molecule is COCC(CCl)NC(=O)Cc1c(F)cccc1F. The molecule has 1 rings (SSSR count). The lowest BCUT2D eigenvalue weighted by Crippen LogP contribution is -2.40. The van der Waals surface area contributed by atoms with Gasteiger partial charge in [0.25, 0.3) is 0 Å².